The van der Waals surface area contributed by atoms with Crippen molar-refractivity contribution in [3.05, 3.63) is 47.3 Å². The third-order valence-corrected chi connectivity index (χ3v) is 3.11. The Balaban J connectivity index is 1.68. The number of aromatic nitrogens is 1. The first-order valence-corrected chi connectivity index (χ1v) is 7.20. The van der Waals surface area contributed by atoms with E-state index in [2.05, 4.69) is 23.5 Å². The van der Waals surface area contributed by atoms with Gasteiger partial charge in [0.05, 0.1) is 12.2 Å². The molecule has 0 aliphatic heterocycles. The van der Waals surface area contributed by atoms with Crippen molar-refractivity contribution in [2.75, 3.05) is 13.2 Å². The van der Waals surface area contributed by atoms with Crippen LogP contribution < -0.4 is 10.1 Å². The summed E-state index contributed by atoms with van der Waals surface area (Å²) < 4.78 is 10.7. The molecule has 114 valence electrons. The molecule has 0 bridgehead atoms. The van der Waals surface area contributed by atoms with Gasteiger partial charge in [-0.05, 0) is 31.0 Å². The van der Waals surface area contributed by atoms with E-state index in [-0.39, 0.29) is 6.61 Å². The molecule has 1 heterocycles. The maximum absolute atomic E-state index is 9.89. The maximum atomic E-state index is 9.89. The zero-order chi connectivity index (χ0) is 15.1. The van der Waals surface area contributed by atoms with E-state index in [0.29, 0.717) is 13.1 Å². The molecule has 0 radical (unpaired) electrons. The number of aliphatic hydroxyl groups is 1. The van der Waals surface area contributed by atoms with Crippen molar-refractivity contribution in [3.63, 3.8) is 0 Å². The van der Waals surface area contributed by atoms with Crippen LogP contribution in [-0.4, -0.2) is 29.5 Å². The summed E-state index contributed by atoms with van der Waals surface area (Å²) in [5.41, 5.74) is 2.08. The first kappa shape index (κ1) is 15.5. The number of hydrogen-bond donors (Lipinski definition) is 2. The molecule has 2 rings (SSSR count). The Kier molecular flexibility index (Phi) is 5.78. The lowest BCUT2D eigenvalue weighted by atomic mass is 10.2. The lowest BCUT2D eigenvalue weighted by molar-refractivity contribution is 0.105. The Morgan fingerprint density at radius 2 is 2.24 bits per heavy atom. The minimum absolute atomic E-state index is 0.260. The van der Waals surface area contributed by atoms with Crippen molar-refractivity contribution in [1.82, 2.24) is 10.5 Å². The highest BCUT2D eigenvalue weighted by Crippen LogP contribution is 2.13. The van der Waals surface area contributed by atoms with Crippen LogP contribution in [0.2, 0.25) is 0 Å². The van der Waals surface area contributed by atoms with Gasteiger partial charge >= 0.3 is 0 Å². The fourth-order valence-electron chi connectivity index (χ4n) is 1.97. The monoisotopic (exact) mass is 290 g/mol. The summed E-state index contributed by atoms with van der Waals surface area (Å²) >= 11 is 0. The molecule has 0 amide bonds. The summed E-state index contributed by atoms with van der Waals surface area (Å²) in [6, 6.07) is 9.79. The summed E-state index contributed by atoms with van der Waals surface area (Å²) in [6.07, 6.45) is 0.400. The third-order valence-electron chi connectivity index (χ3n) is 3.11. The topological polar surface area (TPSA) is 67.5 Å². The normalized spacial score (nSPS) is 12.3. The molecule has 21 heavy (non-hydrogen) atoms. The van der Waals surface area contributed by atoms with Crippen LogP contribution in [0.25, 0.3) is 0 Å². The van der Waals surface area contributed by atoms with Gasteiger partial charge in [0.15, 0.2) is 5.76 Å². The van der Waals surface area contributed by atoms with Crippen molar-refractivity contribution >= 4 is 0 Å². The van der Waals surface area contributed by atoms with Gasteiger partial charge in [-0.3, -0.25) is 0 Å². The van der Waals surface area contributed by atoms with Gasteiger partial charge in [0.25, 0.3) is 0 Å². The standard InChI is InChI=1S/C16H22N2O3/c1-3-13-5-4-6-15(8-13)20-11-14(19)9-17-10-16-7-12(2)18-21-16/h4-8,14,17,19H,3,9-11H2,1-2H3. The number of ether oxygens (including phenoxy) is 1. The molecule has 1 atom stereocenters. The van der Waals surface area contributed by atoms with Crippen LogP contribution in [0.4, 0.5) is 0 Å². The summed E-state index contributed by atoms with van der Waals surface area (Å²) in [5.74, 6) is 1.55. The Morgan fingerprint density at radius 1 is 1.38 bits per heavy atom. The van der Waals surface area contributed by atoms with Gasteiger partial charge in [0, 0.05) is 12.6 Å². The van der Waals surface area contributed by atoms with Gasteiger partial charge in [0.1, 0.15) is 18.5 Å². The van der Waals surface area contributed by atoms with Crippen molar-refractivity contribution in [3.8, 4) is 5.75 Å². The Labute approximate surface area is 124 Å². The van der Waals surface area contributed by atoms with E-state index in [0.717, 1.165) is 23.6 Å². The zero-order valence-electron chi connectivity index (χ0n) is 12.5. The molecular formula is C16H22N2O3. The summed E-state index contributed by atoms with van der Waals surface area (Å²) in [7, 11) is 0. The zero-order valence-corrected chi connectivity index (χ0v) is 12.5. The van der Waals surface area contributed by atoms with E-state index >= 15 is 0 Å². The SMILES string of the molecule is CCc1cccc(OCC(O)CNCc2cc(C)no2)c1. The van der Waals surface area contributed by atoms with Crippen LogP contribution >= 0.6 is 0 Å². The molecule has 0 saturated carbocycles. The van der Waals surface area contributed by atoms with Crippen LogP contribution in [0, 0.1) is 6.92 Å². The van der Waals surface area contributed by atoms with Crippen LogP contribution in [0.5, 0.6) is 5.75 Å². The Hall–Kier alpha value is -1.85. The van der Waals surface area contributed by atoms with Gasteiger partial charge in [-0.1, -0.05) is 24.2 Å². The molecule has 2 aromatic rings. The second-order valence-electron chi connectivity index (χ2n) is 5.03. The molecule has 0 aliphatic rings. The van der Waals surface area contributed by atoms with Gasteiger partial charge in [-0.25, -0.2) is 0 Å². The predicted octanol–water partition coefficient (Wildman–Crippen LogP) is 2.07. The molecule has 1 aromatic heterocycles. The highest BCUT2D eigenvalue weighted by molar-refractivity contribution is 5.28. The maximum Gasteiger partial charge on any atom is 0.150 e. The summed E-state index contributed by atoms with van der Waals surface area (Å²) in [5, 5.41) is 16.8. The molecule has 0 aliphatic carbocycles. The average molecular weight is 290 g/mol. The lowest BCUT2D eigenvalue weighted by Crippen LogP contribution is -2.31. The van der Waals surface area contributed by atoms with E-state index in [1.807, 2.05) is 31.2 Å². The smallest absolute Gasteiger partial charge is 0.150 e. The fourth-order valence-corrected chi connectivity index (χ4v) is 1.97. The molecule has 0 fully saturated rings. The highest BCUT2D eigenvalue weighted by atomic mass is 16.5. The van der Waals surface area contributed by atoms with Gasteiger partial charge in [-0.15, -0.1) is 0 Å². The van der Waals surface area contributed by atoms with Crippen LogP contribution in [0.15, 0.2) is 34.9 Å². The van der Waals surface area contributed by atoms with E-state index in [1.54, 1.807) is 0 Å². The highest BCUT2D eigenvalue weighted by Gasteiger charge is 2.06. The molecule has 1 aromatic carbocycles. The van der Waals surface area contributed by atoms with Crippen LogP contribution in [0.3, 0.4) is 0 Å². The predicted molar refractivity (Wildman–Crippen MR) is 80.3 cm³/mol. The number of hydrogen-bond acceptors (Lipinski definition) is 5. The Morgan fingerprint density at radius 3 is 2.95 bits per heavy atom. The third kappa shape index (κ3) is 5.21. The van der Waals surface area contributed by atoms with E-state index in [1.165, 1.54) is 5.56 Å². The molecule has 5 heteroatoms. The van der Waals surface area contributed by atoms with E-state index in [9.17, 15) is 5.11 Å². The number of nitrogens with zero attached hydrogens (tertiary/aromatic N) is 1. The Bertz CT molecular complexity index is 554. The van der Waals surface area contributed by atoms with Gasteiger partial charge in [0.2, 0.25) is 0 Å². The number of rotatable bonds is 8. The number of aliphatic hydroxyl groups excluding tert-OH is 1. The first-order chi connectivity index (χ1) is 10.2. The van der Waals surface area contributed by atoms with Gasteiger partial charge in [-0.2, -0.15) is 0 Å². The average Bonchev–Trinajstić information content (AvgIpc) is 2.91. The van der Waals surface area contributed by atoms with E-state index in [4.69, 9.17) is 9.26 Å². The minimum atomic E-state index is -0.570. The first-order valence-electron chi connectivity index (χ1n) is 7.20. The van der Waals surface area contributed by atoms with Crippen molar-refractivity contribution in [1.29, 1.82) is 0 Å². The lowest BCUT2D eigenvalue weighted by Gasteiger charge is -2.13. The summed E-state index contributed by atoms with van der Waals surface area (Å²) in [4.78, 5) is 0. The number of benzene rings is 1. The number of aryl methyl sites for hydroxylation is 2. The second kappa shape index (κ2) is 7.81. The van der Waals surface area contributed by atoms with Crippen molar-refractivity contribution in [2.45, 2.75) is 32.9 Å². The molecule has 0 saturated heterocycles. The molecule has 1 unspecified atom stereocenters. The minimum Gasteiger partial charge on any atom is -0.491 e. The fraction of sp³-hybridized carbons (Fsp3) is 0.438. The molecule has 2 N–H and O–H groups in total. The van der Waals surface area contributed by atoms with Gasteiger partial charge < -0.3 is 19.7 Å². The molecule has 0 spiro atoms. The van der Waals surface area contributed by atoms with Crippen molar-refractivity contribution < 1.29 is 14.4 Å². The van der Waals surface area contributed by atoms with Crippen LogP contribution in [0.1, 0.15) is 23.9 Å². The largest absolute Gasteiger partial charge is 0.491 e. The molecular weight excluding hydrogens is 268 g/mol. The second-order valence-corrected chi connectivity index (χ2v) is 5.03. The van der Waals surface area contributed by atoms with E-state index < -0.39 is 6.10 Å². The van der Waals surface area contributed by atoms with Crippen LogP contribution in [-0.2, 0) is 13.0 Å². The number of nitrogens with one attached hydrogen (secondary N) is 1. The molecule has 5 nitrogen and oxygen atoms in total. The quantitative estimate of drug-likeness (QED) is 0.779. The van der Waals surface area contributed by atoms with Crippen molar-refractivity contribution in [2.24, 2.45) is 0 Å². The summed E-state index contributed by atoms with van der Waals surface area (Å²) in [6.45, 7) is 5.22.